The number of carbonyl (C=O) groups excluding carboxylic acids is 1. The molecule has 1 atom stereocenters. The molecule has 2 fully saturated rings. The van der Waals surface area contributed by atoms with Gasteiger partial charge in [-0.25, -0.2) is 4.79 Å². The van der Waals surface area contributed by atoms with Crippen LogP contribution < -0.4 is 4.74 Å². The highest BCUT2D eigenvalue weighted by atomic mass is 16.5. The molecule has 2 amide bonds. The SMILES string of the molecule is CCCN(CC1CCN(C(=O)N2CCCC2)CC1)C1CCc2ccc(OC)cc2C1. The smallest absolute Gasteiger partial charge is 0.319 e. The van der Waals surface area contributed by atoms with E-state index in [0.29, 0.717) is 12.0 Å². The van der Waals surface area contributed by atoms with Gasteiger partial charge in [-0.1, -0.05) is 13.0 Å². The van der Waals surface area contributed by atoms with E-state index in [1.807, 2.05) is 0 Å². The second-order valence-corrected chi connectivity index (χ2v) is 9.43. The maximum atomic E-state index is 12.7. The van der Waals surface area contributed by atoms with Gasteiger partial charge in [0.1, 0.15) is 5.75 Å². The molecule has 1 aliphatic carbocycles. The first-order chi connectivity index (χ1) is 14.7. The van der Waals surface area contributed by atoms with Crippen LogP contribution in [0.25, 0.3) is 0 Å². The van der Waals surface area contributed by atoms with Crippen LogP contribution in [-0.4, -0.2) is 73.2 Å². The van der Waals surface area contributed by atoms with Gasteiger partial charge in [0.2, 0.25) is 0 Å². The first-order valence-corrected chi connectivity index (χ1v) is 12.1. The molecule has 0 spiro atoms. The van der Waals surface area contributed by atoms with Crippen molar-refractivity contribution in [3.8, 4) is 5.75 Å². The lowest BCUT2D eigenvalue weighted by Crippen LogP contribution is -2.48. The van der Waals surface area contributed by atoms with Crippen molar-refractivity contribution in [3.05, 3.63) is 29.3 Å². The fourth-order valence-corrected chi connectivity index (χ4v) is 5.61. The Labute approximate surface area is 182 Å². The molecular weight excluding hydrogens is 374 g/mol. The number of hydrogen-bond acceptors (Lipinski definition) is 3. The lowest BCUT2D eigenvalue weighted by Gasteiger charge is -2.40. The fraction of sp³-hybridized carbons (Fsp3) is 0.720. The van der Waals surface area contributed by atoms with Crippen LogP contribution in [0, 0.1) is 5.92 Å². The second kappa shape index (κ2) is 10.0. The molecule has 0 aromatic heterocycles. The number of methoxy groups -OCH3 is 1. The van der Waals surface area contributed by atoms with Crippen molar-refractivity contribution in [2.24, 2.45) is 5.92 Å². The van der Waals surface area contributed by atoms with E-state index in [1.54, 1.807) is 7.11 Å². The Kier molecular flexibility index (Phi) is 7.19. The van der Waals surface area contributed by atoms with Crippen LogP contribution in [0.3, 0.4) is 0 Å². The predicted molar refractivity (Wildman–Crippen MR) is 121 cm³/mol. The largest absolute Gasteiger partial charge is 0.497 e. The van der Waals surface area contributed by atoms with Gasteiger partial charge in [0.25, 0.3) is 0 Å². The number of piperidine rings is 1. The average Bonchev–Trinajstić information content (AvgIpc) is 3.33. The van der Waals surface area contributed by atoms with Crippen molar-refractivity contribution < 1.29 is 9.53 Å². The normalized spacial score (nSPS) is 22.4. The van der Waals surface area contributed by atoms with Gasteiger partial charge in [0, 0.05) is 38.8 Å². The minimum atomic E-state index is 0.286. The molecule has 4 rings (SSSR count). The Morgan fingerprint density at radius 3 is 2.50 bits per heavy atom. The van der Waals surface area contributed by atoms with Gasteiger partial charge in [0.05, 0.1) is 7.11 Å². The van der Waals surface area contributed by atoms with Crippen molar-refractivity contribution in [3.63, 3.8) is 0 Å². The first-order valence-electron chi connectivity index (χ1n) is 12.1. The molecule has 166 valence electrons. The third kappa shape index (κ3) is 4.93. The molecule has 5 heteroatoms. The van der Waals surface area contributed by atoms with Crippen molar-refractivity contribution >= 4 is 6.03 Å². The zero-order valence-electron chi connectivity index (χ0n) is 18.9. The number of ether oxygens (including phenoxy) is 1. The van der Waals surface area contributed by atoms with Gasteiger partial charge in [-0.3, -0.25) is 4.90 Å². The molecule has 0 N–H and O–H groups in total. The third-order valence-electron chi connectivity index (χ3n) is 7.40. The Morgan fingerprint density at radius 1 is 1.07 bits per heavy atom. The van der Waals surface area contributed by atoms with Gasteiger partial charge in [-0.05, 0) is 87.1 Å². The topological polar surface area (TPSA) is 36.0 Å². The highest BCUT2D eigenvalue weighted by Crippen LogP contribution is 2.30. The summed E-state index contributed by atoms with van der Waals surface area (Å²) < 4.78 is 5.46. The number of likely N-dealkylation sites (tertiary alicyclic amines) is 2. The third-order valence-corrected chi connectivity index (χ3v) is 7.40. The maximum absolute atomic E-state index is 12.7. The molecule has 1 aromatic carbocycles. The number of nitrogens with zero attached hydrogens (tertiary/aromatic N) is 3. The molecule has 3 aliphatic rings. The molecule has 2 saturated heterocycles. The zero-order chi connectivity index (χ0) is 20.9. The van der Waals surface area contributed by atoms with Crippen molar-refractivity contribution in [2.75, 3.05) is 46.4 Å². The fourth-order valence-electron chi connectivity index (χ4n) is 5.61. The summed E-state index contributed by atoms with van der Waals surface area (Å²) in [5.41, 5.74) is 2.97. The van der Waals surface area contributed by atoms with Gasteiger partial charge < -0.3 is 14.5 Å². The molecule has 2 aliphatic heterocycles. The predicted octanol–water partition coefficient (Wildman–Crippen LogP) is 4.19. The second-order valence-electron chi connectivity index (χ2n) is 9.43. The standard InChI is InChI=1S/C25H39N3O2/c1-3-12-28(23-8-6-21-7-9-24(30-2)18-22(21)17-23)19-20-10-15-27(16-11-20)25(29)26-13-4-5-14-26/h7,9,18,20,23H,3-6,8,10-17,19H2,1-2H3. The quantitative estimate of drug-likeness (QED) is 0.701. The number of benzene rings is 1. The minimum absolute atomic E-state index is 0.286. The van der Waals surface area contributed by atoms with Gasteiger partial charge >= 0.3 is 6.03 Å². The zero-order valence-corrected chi connectivity index (χ0v) is 18.9. The van der Waals surface area contributed by atoms with Crippen molar-refractivity contribution in [1.29, 1.82) is 0 Å². The number of carbonyl (C=O) groups is 1. The Morgan fingerprint density at radius 2 is 1.80 bits per heavy atom. The summed E-state index contributed by atoms with van der Waals surface area (Å²) in [4.78, 5) is 19.6. The summed E-state index contributed by atoms with van der Waals surface area (Å²) in [6.45, 7) is 8.44. The van der Waals surface area contributed by atoms with E-state index in [2.05, 4.69) is 39.8 Å². The van der Waals surface area contributed by atoms with Crippen molar-refractivity contribution in [1.82, 2.24) is 14.7 Å². The summed E-state index contributed by atoms with van der Waals surface area (Å²) in [6, 6.07) is 7.51. The van der Waals surface area contributed by atoms with Gasteiger partial charge in [0.15, 0.2) is 0 Å². The maximum Gasteiger partial charge on any atom is 0.319 e. The van der Waals surface area contributed by atoms with E-state index >= 15 is 0 Å². The summed E-state index contributed by atoms with van der Waals surface area (Å²) in [6.07, 6.45) is 9.41. The number of urea groups is 1. The van der Waals surface area contributed by atoms with E-state index in [9.17, 15) is 4.79 Å². The Balaban J connectivity index is 1.32. The molecule has 0 radical (unpaired) electrons. The number of aryl methyl sites for hydroxylation is 1. The summed E-state index contributed by atoms with van der Waals surface area (Å²) in [5, 5.41) is 0. The Hall–Kier alpha value is -1.75. The van der Waals surface area contributed by atoms with Crippen LogP contribution in [0.2, 0.25) is 0 Å². The molecule has 2 heterocycles. The average molecular weight is 414 g/mol. The highest BCUT2D eigenvalue weighted by Gasteiger charge is 2.30. The van der Waals surface area contributed by atoms with Gasteiger partial charge in [-0.15, -0.1) is 0 Å². The minimum Gasteiger partial charge on any atom is -0.497 e. The van der Waals surface area contributed by atoms with E-state index in [0.717, 1.165) is 51.2 Å². The lowest BCUT2D eigenvalue weighted by molar-refractivity contribution is 0.106. The number of hydrogen-bond donors (Lipinski definition) is 0. The molecule has 0 saturated carbocycles. The monoisotopic (exact) mass is 413 g/mol. The molecule has 1 aromatic rings. The molecule has 1 unspecified atom stereocenters. The Bertz CT molecular complexity index is 708. The number of rotatable bonds is 6. The van der Waals surface area contributed by atoms with E-state index < -0.39 is 0 Å². The first kappa shape index (κ1) is 21.5. The van der Waals surface area contributed by atoms with Crippen LogP contribution in [0.4, 0.5) is 4.79 Å². The van der Waals surface area contributed by atoms with Crippen LogP contribution >= 0.6 is 0 Å². The highest BCUT2D eigenvalue weighted by molar-refractivity contribution is 5.74. The van der Waals surface area contributed by atoms with Crippen LogP contribution in [0.5, 0.6) is 5.75 Å². The lowest BCUT2D eigenvalue weighted by atomic mass is 9.86. The summed E-state index contributed by atoms with van der Waals surface area (Å²) in [5.74, 6) is 1.69. The van der Waals surface area contributed by atoms with Crippen LogP contribution in [0.15, 0.2) is 18.2 Å². The number of amides is 2. The van der Waals surface area contributed by atoms with Crippen molar-refractivity contribution in [2.45, 2.75) is 64.3 Å². The summed E-state index contributed by atoms with van der Waals surface area (Å²) >= 11 is 0. The number of fused-ring (bicyclic) bond motifs is 1. The molecule has 0 bridgehead atoms. The van der Waals surface area contributed by atoms with E-state index in [1.165, 1.54) is 56.3 Å². The van der Waals surface area contributed by atoms with Gasteiger partial charge in [-0.2, -0.15) is 0 Å². The van der Waals surface area contributed by atoms with E-state index in [4.69, 9.17) is 4.74 Å². The van der Waals surface area contributed by atoms with Crippen LogP contribution in [-0.2, 0) is 12.8 Å². The van der Waals surface area contributed by atoms with Crippen LogP contribution in [0.1, 0.15) is 56.6 Å². The van der Waals surface area contributed by atoms with E-state index in [-0.39, 0.29) is 6.03 Å². The summed E-state index contributed by atoms with van der Waals surface area (Å²) in [7, 11) is 1.76. The molecular formula is C25H39N3O2. The molecule has 5 nitrogen and oxygen atoms in total. The molecule has 30 heavy (non-hydrogen) atoms.